The molecule has 19 heavy (non-hydrogen) atoms. The standard InChI is InChI=1S/C16H30O3/c1-5-6-8-12(2)15(18-4)11-13(3)16-14(17)9-7-10-19-16/h12,14-17H,3,5-11H2,1-2,4H3/t12-,14+,15+,16-/m0/s1. The Morgan fingerprint density at radius 2 is 2.26 bits per heavy atom. The summed E-state index contributed by atoms with van der Waals surface area (Å²) >= 11 is 0. The number of unbranched alkanes of at least 4 members (excludes halogenated alkanes) is 1. The number of aliphatic hydroxyl groups excluding tert-OH is 1. The minimum atomic E-state index is -0.398. The van der Waals surface area contributed by atoms with Gasteiger partial charge in [0.15, 0.2) is 0 Å². The Kier molecular flexibility index (Phi) is 7.66. The van der Waals surface area contributed by atoms with Crippen LogP contribution in [0.5, 0.6) is 0 Å². The molecule has 112 valence electrons. The van der Waals surface area contributed by atoms with Crippen LogP contribution >= 0.6 is 0 Å². The van der Waals surface area contributed by atoms with E-state index in [1.54, 1.807) is 7.11 Å². The molecule has 0 amide bonds. The van der Waals surface area contributed by atoms with Crippen molar-refractivity contribution in [1.29, 1.82) is 0 Å². The molecule has 1 heterocycles. The second-order valence-electron chi connectivity index (χ2n) is 5.76. The number of rotatable bonds is 8. The molecular weight excluding hydrogens is 240 g/mol. The van der Waals surface area contributed by atoms with E-state index in [0.717, 1.165) is 31.4 Å². The Morgan fingerprint density at radius 3 is 2.84 bits per heavy atom. The van der Waals surface area contributed by atoms with E-state index < -0.39 is 6.10 Å². The first-order valence-electron chi connectivity index (χ1n) is 7.60. The summed E-state index contributed by atoms with van der Waals surface area (Å²) in [4.78, 5) is 0. The van der Waals surface area contributed by atoms with Gasteiger partial charge in [-0.25, -0.2) is 0 Å². The zero-order valence-corrected chi connectivity index (χ0v) is 12.7. The predicted octanol–water partition coefficient (Wildman–Crippen LogP) is 3.31. The molecular formula is C16H30O3. The van der Waals surface area contributed by atoms with Crippen molar-refractivity contribution in [3.63, 3.8) is 0 Å². The monoisotopic (exact) mass is 270 g/mol. The Balaban J connectivity index is 2.47. The summed E-state index contributed by atoms with van der Waals surface area (Å²) in [5.41, 5.74) is 0.974. The first-order valence-corrected chi connectivity index (χ1v) is 7.60. The highest BCUT2D eigenvalue weighted by Gasteiger charge is 2.28. The fourth-order valence-electron chi connectivity index (χ4n) is 2.76. The van der Waals surface area contributed by atoms with Gasteiger partial charge in [0, 0.05) is 13.7 Å². The molecule has 1 N–H and O–H groups in total. The summed E-state index contributed by atoms with van der Waals surface area (Å²) in [6, 6.07) is 0. The first kappa shape index (κ1) is 16.7. The van der Waals surface area contributed by atoms with Gasteiger partial charge in [-0.15, -0.1) is 0 Å². The zero-order chi connectivity index (χ0) is 14.3. The van der Waals surface area contributed by atoms with Crippen LogP contribution in [0, 0.1) is 5.92 Å². The number of ether oxygens (including phenoxy) is 2. The molecule has 0 aliphatic carbocycles. The molecule has 3 heteroatoms. The van der Waals surface area contributed by atoms with Gasteiger partial charge in [-0.05, 0) is 37.2 Å². The molecule has 0 saturated carbocycles. The van der Waals surface area contributed by atoms with E-state index in [9.17, 15) is 5.11 Å². The zero-order valence-electron chi connectivity index (χ0n) is 12.7. The van der Waals surface area contributed by atoms with Crippen molar-refractivity contribution in [2.75, 3.05) is 13.7 Å². The maximum absolute atomic E-state index is 9.98. The second-order valence-corrected chi connectivity index (χ2v) is 5.76. The predicted molar refractivity (Wildman–Crippen MR) is 78.2 cm³/mol. The largest absolute Gasteiger partial charge is 0.390 e. The average Bonchev–Trinajstić information content (AvgIpc) is 2.42. The van der Waals surface area contributed by atoms with Gasteiger partial charge >= 0.3 is 0 Å². The molecule has 1 fully saturated rings. The van der Waals surface area contributed by atoms with Crippen LogP contribution in [-0.4, -0.2) is 37.1 Å². The highest BCUT2D eigenvalue weighted by molar-refractivity contribution is 5.08. The molecule has 0 radical (unpaired) electrons. The molecule has 0 bridgehead atoms. The van der Waals surface area contributed by atoms with Crippen LogP contribution in [0.4, 0.5) is 0 Å². The minimum absolute atomic E-state index is 0.178. The molecule has 1 aliphatic rings. The second kappa shape index (κ2) is 8.72. The van der Waals surface area contributed by atoms with Crippen LogP contribution in [0.15, 0.2) is 12.2 Å². The van der Waals surface area contributed by atoms with E-state index in [1.807, 2.05) is 0 Å². The van der Waals surface area contributed by atoms with E-state index in [-0.39, 0.29) is 12.2 Å². The topological polar surface area (TPSA) is 38.7 Å². The summed E-state index contributed by atoms with van der Waals surface area (Å²) in [5.74, 6) is 0.516. The number of hydrogen-bond acceptors (Lipinski definition) is 3. The van der Waals surface area contributed by atoms with Gasteiger partial charge in [-0.3, -0.25) is 0 Å². The van der Waals surface area contributed by atoms with E-state index in [1.165, 1.54) is 19.3 Å². The highest BCUT2D eigenvalue weighted by Crippen LogP contribution is 2.26. The smallest absolute Gasteiger partial charge is 0.104 e. The van der Waals surface area contributed by atoms with Gasteiger partial charge in [0.25, 0.3) is 0 Å². The van der Waals surface area contributed by atoms with Gasteiger partial charge in [0.1, 0.15) is 6.10 Å². The van der Waals surface area contributed by atoms with Crippen LogP contribution in [-0.2, 0) is 9.47 Å². The molecule has 0 aromatic heterocycles. The van der Waals surface area contributed by atoms with Crippen molar-refractivity contribution >= 4 is 0 Å². The van der Waals surface area contributed by atoms with Crippen molar-refractivity contribution in [3.05, 3.63) is 12.2 Å². The van der Waals surface area contributed by atoms with E-state index in [4.69, 9.17) is 9.47 Å². The van der Waals surface area contributed by atoms with E-state index in [2.05, 4.69) is 20.4 Å². The quantitative estimate of drug-likeness (QED) is 0.688. The Hall–Kier alpha value is -0.380. The lowest BCUT2D eigenvalue weighted by atomic mass is 9.89. The van der Waals surface area contributed by atoms with Crippen LogP contribution in [0.3, 0.4) is 0 Å². The first-order chi connectivity index (χ1) is 9.10. The van der Waals surface area contributed by atoms with Crippen molar-refractivity contribution in [2.24, 2.45) is 5.92 Å². The molecule has 0 unspecified atom stereocenters. The Morgan fingerprint density at radius 1 is 1.53 bits per heavy atom. The normalized spacial score (nSPS) is 26.9. The van der Waals surface area contributed by atoms with Crippen LogP contribution in [0.1, 0.15) is 52.4 Å². The molecule has 3 nitrogen and oxygen atoms in total. The lowest BCUT2D eigenvalue weighted by Gasteiger charge is -2.32. The van der Waals surface area contributed by atoms with Crippen LogP contribution in [0.2, 0.25) is 0 Å². The van der Waals surface area contributed by atoms with Crippen molar-refractivity contribution in [2.45, 2.75) is 70.7 Å². The third-order valence-corrected chi connectivity index (χ3v) is 4.11. The fourth-order valence-corrected chi connectivity index (χ4v) is 2.76. The van der Waals surface area contributed by atoms with Crippen LogP contribution in [0.25, 0.3) is 0 Å². The molecule has 0 spiro atoms. The van der Waals surface area contributed by atoms with Crippen molar-refractivity contribution in [3.8, 4) is 0 Å². The summed E-state index contributed by atoms with van der Waals surface area (Å²) in [7, 11) is 1.76. The number of hydrogen-bond donors (Lipinski definition) is 1. The SMILES string of the molecule is C=C(C[C@@H](OC)[C@@H](C)CCCC)[C@@H]1OCCC[C@H]1O. The van der Waals surface area contributed by atoms with Gasteiger partial charge in [-0.2, -0.15) is 0 Å². The van der Waals surface area contributed by atoms with E-state index in [0.29, 0.717) is 5.92 Å². The Bertz CT molecular complexity index is 265. The summed E-state index contributed by atoms with van der Waals surface area (Å²) in [6.45, 7) is 9.28. The fraction of sp³-hybridized carbons (Fsp3) is 0.875. The van der Waals surface area contributed by atoms with Gasteiger partial charge in [-0.1, -0.05) is 33.3 Å². The average molecular weight is 270 g/mol. The lowest BCUT2D eigenvalue weighted by Crippen LogP contribution is -2.37. The van der Waals surface area contributed by atoms with Gasteiger partial charge < -0.3 is 14.6 Å². The Labute approximate surface area is 118 Å². The summed E-state index contributed by atoms with van der Waals surface area (Å²) in [5, 5.41) is 9.98. The van der Waals surface area contributed by atoms with Crippen molar-refractivity contribution in [1.82, 2.24) is 0 Å². The molecule has 0 aromatic rings. The molecule has 4 atom stereocenters. The number of aliphatic hydroxyl groups is 1. The van der Waals surface area contributed by atoms with Gasteiger partial charge in [0.05, 0.1) is 12.2 Å². The highest BCUT2D eigenvalue weighted by atomic mass is 16.5. The van der Waals surface area contributed by atoms with Crippen LogP contribution < -0.4 is 0 Å². The molecule has 1 saturated heterocycles. The molecule has 1 aliphatic heterocycles. The third kappa shape index (κ3) is 5.25. The maximum atomic E-state index is 9.98. The number of methoxy groups -OCH3 is 1. The molecule has 0 aromatic carbocycles. The lowest BCUT2D eigenvalue weighted by molar-refractivity contribution is -0.0592. The minimum Gasteiger partial charge on any atom is -0.390 e. The van der Waals surface area contributed by atoms with Gasteiger partial charge in [0.2, 0.25) is 0 Å². The van der Waals surface area contributed by atoms with E-state index >= 15 is 0 Å². The maximum Gasteiger partial charge on any atom is 0.104 e. The third-order valence-electron chi connectivity index (χ3n) is 4.11. The summed E-state index contributed by atoms with van der Waals surface area (Å²) in [6.07, 6.45) is 5.73. The molecule has 1 rings (SSSR count). The summed E-state index contributed by atoms with van der Waals surface area (Å²) < 4.78 is 11.3. The van der Waals surface area contributed by atoms with Crippen molar-refractivity contribution < 1.29 is 14.6 Å².